The van der Waals surface area contributed by atoms with Crippen molar-refractivity contribution in [2.75, 3.05) is 0 Å². The van der Waals surface area contributed by atoms with Crippen LogP contribution < -0.4 is 0 Å². The minimum atomic E-state index is -0.398. The maximum Gasteiger partial charge on any atom is 0.142 e. The summed E-state index contributed by atoms with van der Waals surface area (Å²) in [7, 11) is 0. The van der Waals surface area contributed by atoms with E-state index in [-0.39, 0.29) is 9.85 Å². The Balaban J connectivity index is 1.89. The van der Waals surface area contributed by atoms with Gasteiger partial charge in [0.2, 0.25) is 0 Å². The Kier molecular flexibility index (Phi) is 4.22. The molecule has 3 aromatic rings. The highest BCUT2D eigenvalue weighted by atomic mass is 79.9. The third-order valence-electron chi connectivity index (χ3n) is 3.36. The van der Waals surface area contributed by atoms with Crippen LogP contribution in [0.1, 0.15) is 16.1 Å². The van der Waals surface area contributed by atoms with Crippen LogP contribution in [-0.4, -0.2) is 4.98 Å². The van der Waals surface area contributed by atoms with Gasteiger partial charge in [0.25, 0.3) is 0 Å². The molecule has 0 saturated heterocycles. The number of hydrogen-bond donors (Lipinski definition) is 0. The minimum absolute atomic E-state index is 0.0747. The third-order valence-corrected chi connectivity index (χ3v) is 4.58. The molecule has 0 aliphatic carbocycles. The van der Waals surface area contributed by atoms with Crippen molar-refractivity contribution in [3.8, 4) is 0 Å². The van der Waals surface area contributed by atoms with Gasteiger partial charge in [0.05, 0.1) is 10.5 Å². The number of rotatable bonds is 3. The Morgan fingerprint density at radius 3 is 2.71 bits per heavy atom. The van der Waals surface area contributed by atoms with Crippen molar-refractivity contribution in [2.45, 2.75) is 11.2 Å². The second-order valence-corrected chi connectivity index (χ2v) is 6.29. The van der Waals surface area contributed by atoms with Gasteiger partial charge >= 0.3 is 0 Å². The summed E-state index contributed by atoms with van der Waals surface area (Å²) in [4.78, 5) is 4.55. The average molecular weight is 365 g/mol. The quantitative estimate of drug-likeness (QED) is 0.543. The van der Waals surface area contributed by atoms with E-state index in [1.165, 1.54) is 6.07 Å². The highest BCUT2D eigenvalue weighted by Crippen LogP contribution is 2.33. The number of benzene rings is 2. The molecule has 21 heavy (non-hydrogen) atoms. The standard InChI is InChI=1S/C17H12BrClFN/c18-14(13-5-3-6-15(20)17(13)19)10-12-9-8-11-4-1-2-7-16(11)21-12/h1-9,14H,10H2. The van der Waals surface area contributed by atoms with Crippen molar-refractivity contribution in [1.29, 1.82) is 0 Å². The van der Waals surface area contributed by atoms with E-state index in [0.717, 1.165) is 22.2 Å². The molecule has 1 unspecified atom stereocenters. The van der Waals surface area contributed by atoms with E-state index in [0.29, 0.717) is 6.42 Å². The van der Waals surface area contributed by atoms with Gasteiger partial charge in [-0.3, -0.25) is 4.98 Å². The highest BCUT2D eigenvalue weighted by Gasteiger charge is 2.15. The van der Waals surface area contributed by atoms with Gasteiger partial charge in [-0.1, -0.05) is 63.9 Å². The lowest BCUT2D eigenvalue weighted by Crippen LogP contribution is -2.00. The van der Waals surface area contributed by atoms with E-state index in [4.69, 9.17) is 11.6 Å². The largest absolute Gasteiger partial charge is 0.253 e. The molecular weight excluding hydrogens is 353 g/mol. The summed E-state index contributed by atoms with van der Waals surface area (Å²) >= 11 is 9.60. The third kappa shape index (κ3) is 3.09. The van der Waals surface area contributed by atoms with E-state index in [1.807, 2.05) is 42.5 Å². The van der Waals surface area contributed by atoms with E-state index in [2.05, 4.69) is 20.9 Å². The summed E-state index contributed by atoms with van der Waals surface area (Å²) in [5.41, 5.74) is 2.64. The zero-order chi connectivity index (χ0) is 14.8. The number of pyridine rings is 1. The zero-order valence-electron chi connectivity index (χ0n) is 11.1. The summed E-state index contributed by atoms with van der Waals surface area (Å²) in [6.45, 7) is 0. The van der Waals surface area contributed by atoms with Crippen LogP contribution >= 0.6 is 27.5 Å². The summed E-state index contributed by atoms with van der Waals surface area (Å²) < 4.78 is 13.5. The molecule has 0 bridgehead atoms. The molecule has 0 spiro atoms. The smallest absolute Gasteiger partial charge is 0.142 e. The van der Waals surface area contributed by atoms with Crippen LogP contribution in [0.3, 0.4) is 0 Å². The molecule has 1 nitrogen and oxygen atoms in total. The van der Waals surface area contributed by atoms with Crippen LogP contribution in [0.4, 0.5) is 4.39 Å². The molecule has 0 N–H and O–H groups in total. The van der Waals surface area contributed by atoms with Gasteiger partial charge in [-0.2, -0.15) is 0 Å². The number of halogens is 3. The fraction of sp³-hybridized carbons (Fsp3) is 0.118. The van der Waals surface area contributed by atoms with Gasteiger partial charge in [0, 0.05) is 22.3 Å². The molecule has 0 saturated carbocycles. The molecule has 106 valence electrons. The predicted octanol–water partition coefficient (Wildman–Crippen LogP) is 5.71. The van der Waals surface area contributed by atoms with Gasteiger partial charge in [0.15, 0.2) is 0 Å². The van der Waals surface area contributed by atoms with Gasteiger partial charge in [0.1, 0.15) is 5.82 Å². The first-order chi connectivity index (χ1) is 10.1. The molecule has 0 fully saturated rings. The Labute approximate surface area is 135 Å². The van der Waals surface area contributed by atoms with Crippen LogP contribution in [0.15, 0.2) is 54.6 Å². The highest BCUT2D eigenvalue weighted by molar-refractivity contribution is 9.09. The van der Waals surface area contributed by atoms with E-state index >= 15 is 0 Å². The molecule has 0 aliphatic heterocycles. The summed E-state index contributed by atoms with van der Waals surface area (Å²) in [5, 5.41) is 1.27. The van der Waals surface area contributed by atoms with Crippen molar-refractivity contribution < 1.29 is 4.39 Å². The summed E-state index contributed by atoms with van der Waals surface area (Å²) in [6, 6.07) is 16.9. The molecule has 1 heterocycles. The van der Waals surface area contributed by atoms with Crippen LogP contribution in [-0.2, 0) is 6.42 Å². The second-order valence-electron chi connectivity index (χ2n) is 4.81. The van der Waals surface area contributed by atoms with Crippen LogP contribution in [0.25, 0.3) is 10.9 Å². The Morgan fingerprint density at radius 2 is 1.86 bits per heavy atom. The van der Waals surface area contributed by atoms with Gasteiger partial charge in [-0.05, 0) is 23.8 Å². The number of alkyl halides is 1. The Hall–Kier alpha value is -1.45. The van der Waals surface area contributed by atoms with Crippen LogP contribution in [0.5, 0.6) is 0 Å². The monoisotopic (exact) mass is 363 g/mol. The van der Waals surface area contributed by atoms with Crippen molar-refractivity contribution >= 4 is 38.4 Å². The summed E-state index contributed by atoms with van der Waals surface area (Å²) in [5.74, 6) is -0.398. The summed E-state index contributed by atoms with van der Waals surface area (Å²) in [6.07, 6.45) is 0.647. The van der Waals surface area contributed by atoms with Crippen molar-refractivity contribution in [2.24, 2.45) is 0 Å². The Bertz CT molecular complexity index is 791. The lowest BCUT2D eigenvalue weighted by atomic mass is 10.1. The number of aromatic nitrogens is 1. The molecule has 0 aliphatic rings. The lowest BCUT2D eigenvalue weighted by molar-refractivity contribution is 0.625. The SMILES string of the molecule is Fc1cccc(C(Br)Cc2ccc3ccccc3n2)c1Cl. The van der Waals surface area contributed by atoms with Gasteiger partial charge < -0.3 is 0 Å². The normalized spacial score (nSPS) is 12.5. The molecular formula is C17H12BrClFN. The minimum Gasteiger partial charge on any atom is -0.253 e. The van der Waals surface area contributed by atoms with E-state index < -0.39 is 5.82 Å². The first-order valence-electron chi connectivity index (χ1n) is 6.58. The molecule has 0 radical (unpaired) electrons. The molecule has 3 rings (SSSR count). The zero-order valence-corrected chi connectivity index (χ0v) is 13.4. The van der Waals surface area contributed by atoms with Crippen LogP contribution in [0.2, 0.25) is 5.02 Å². The van der Waals surface area contributed by atoms with Crippen molar-refractivity contribution in [3.63, 3.8) is 0 Å². The first-order valence-corrected chi connectivity index (χ1v) is 7.87. The predicted molar refractivity (Wildman–Crippen MR) is 88.5 cm³/mol. The van der Waals surface area contributed by atoms with E-state index in [9.17, 15) is 4.39 Å². The number of para-hydroxylation sites is 1. The Morgan fingerprint density at radius 1 is 1.05 bits per heavy atom. The van der Waals surface area contributed by atoms with Crippen LogP contribution in [0, 0.1) is 5.82 Å². The molecule has 4 heteroatoms. The average Bonchev–Trinajstić information content (AvgIpc) is 2.50. The second kappa shape index (κ2) is 6.12. The number of nitrogens with zero attached hydrogens (tertiary/aromatic N) is 1. The maximum atomic E-state index is 13.5. The maximum absolute atomic E-state index is 13.5. The molecule has 1 atom stereocenters. The first kappa shape index (κ1) is 14.5. The van der Waals surface area contributed by atoms with Gasteiger partial charge in [-0.25, -0.2) is 4.39 Å². The topological polar surface area (TPSA) is 12.9 Å². The van der Waals surface area contributed by atoms with Crippen molar-refractivity contribution in [3.05, 3.63) is 76.7 Å². The number of fused-ring (bicyclic) bond motifs is 1. The van der Waals surface area contributed by atoms with E-state index in [1.54, 1.807) is 6.07 Å². The fourth-order valence-electron chi connectivity index (χ4n) is 2.28. The van der Waals surface area contributed by atoms with Crippen molar-refractivity contribution in [1.82, 2.24) is 4.98 Å². The fourth-order valence-corrected chi connectivity index (χ4v) is 3.38. The number of hydrogen-bond acceptors (Lipinski definition) is 1. The van der Waals surface area contributed by atoms with Gasteiger partial charge in [-0.15, -0.1) is 0 Å². The molecule has 0 amide bonds. The molecule has 1 aromatic heterocycles. The molecule has 2 aromatic carbocycles. The lowest BCUT2D eigenvalue weighted by Gasteiger charge is -2.12.